The van der Waals surface area contributed by atoms with E-state index in [2.05, 4.69) is 15.3 Å². The molecule has 3 aromatic rings. The summed E-state index contributed by atoms with van der Waals surface area (Å²) in [4.78, 5) is 20.8. The Morgan fingerprint density at radius 2 is 2.11 bits per heavy atom. The summed E-state index contributed by atoms with van der Waals surface area (Å²) in [6.07, 6.45) is 8.00. The summed E-state index contributed by atoms with van der Waals surface area (Å²) in [5.41, 5.74) is 0.859. The molecule has 0 radical (unpaired) electrons. The maximum absolute atomic E-state index is 12.2. The van der Waals surface area contributed by atoms with Gasteiger partial charge in [-0.25, -0.2) is 4.98 Å². The second-order valence-corrected chi connectivity index (χ2v) is 8.11. The quantitative estimate of drug-likeness (QED) is 0.724. The number of pyridine rings is 1. The molecule has 2 aromatic heterocycles. The Labute approximate surface area is 162 Å². The summed E-state index contributed by atoms with van der Waals surface area (Å²) in [5, 5.41) is 8.30. The molecule has 4 rings (SSSR count). The summed E-state index contributed by atoms with van der Waals surface area (Å²) in [6, 6.07) is 8.30. The molecule has 0 unspecified atom stereocenters. The fraction of sp³-hybridized carbons (Fsp3) is 0.381. The van der Waals surface area contributed by atoms with Gasteiger partial charge in [-0.2, -0.15) is 0 Å². The second-order valence-electron chi connectivity index (χ2n) is 7.05. The number of hydrogen-bond acceptors (Lipinski definition) is 5. The van der Waals surface area contributed by atoms with Crippen molar-refractivity contribution in [1.82, 2.24) is 15.3 Å². The molecule has 1 saturated carbocycles. The number of nitrogens with zero attached hydrogens (tertiary/aromatic N) is 2. The minimum absolute atomic E-state index is 0.0613. The van der Waals surface area contributed by atoms with Gasteiger partial charge in [-0.3, -0.25) is 9.78 Å². The molecule has 6 heteroatoms. The third-order valence-corrected chi connectivity index (χ3v) is 5.80. The molecule has 1 N–H and O–H groups in total. The van der Waals surface area contributed by atoms with Crippen LogP contribution in [0.5, 0.6) is 5.75 Å². The number of aromatic nitrogens is 2. The lowest BCUT2D eigenvalue weighted by Gasteiger charge is -2.29. The average Bonchev–Trinajstić information content (AvgIpc) is 3.08. The third-order valence-electron chi connectivity index (χ3n) is 4.98. The Morgan fingerprint density at radius 1 is 1.26 bits per heavy atom. The van der Waals surface area contributed by atoms with E-state index in [0.29, 0.717) is 6.42 Å². The molecule has 1 aliphatic rings. The predicted molar refractivity (Wildman–Crippen MR) is 107 cm³/mol. The van der Waals surface area contributed by atoms with Crippen molar-refractivity contribution in [2.45, 2.75) is 51.2 Å². The zero-order valence-corrected chi connectivity index (χ0v) is 16.2. The lowest BCUT2D eigenvalue weighted by molar-refractivity contribution is -0.121. The molecule has 0 bridgehead atoms. The van der Waals surface area contributed by atoms with Crippen molar-refractivity contribution in [3.63, 3.8) is 0 Å². The van der Waals surface area contributed by atoms with Crippen LogP contribution < -0.4 is 10.1 Å². The van der Waals surface area contributed by atoms with Gasteiger partial charge in [0.2, 0.25) is 5.91 Å². The smallest absolute Gasteiger partial charge is 0.226 e. The van der Waals surface area contributed by atoms with Gasteiger partial charge in [-0.1, -0.05) is 12.1 Å². The number of carbonyl (C=O) groups is 1. The fourth-order valence-corrected chi connectivity index (χ4v) is 4.25. The van der Waals surface area contributed by atoms with Gasteiger partial charge >= 0.3 is 0 Å². The number of aryl methyl sites for hydroxylation is 1. The van der Waals surface area contributed by atoms with Crippen LogP contribution in [-0.4, -0.2) is 28.0 Å². The van der Waals surface area contributed by atoms with Gasteiger partial charge in [0.1, 0.15) is 5.75 Å². The normalized spacial score (nSPS) is 19.7. The van der Waals surface area contributed by atoms with E-state index >= 15 is 0 Å². The standard InChI is InChI=1S/C21H23N3O2S/c1-14-23-17(13-27-14)11-21(25)24-16-5-7-18(8-6-16)26-20-4-2-3-15-12-22-10-9-19(15)20/h2-4,9-10,12-13,16,18H,5-8,11H2,1H3,(H,24,25). The van der Waals surface area contributed by atoms with E-state index < -0.39 is 0 Å². The first-order valence-corrected chi connectivity index (χ1v) is 10.2. The highest BCUT2D eigenvalue weighted by molar-refractivity contribution is 7.09. The SMILES string of the molecule is Cc1nc(CC(=O)NC2CCC(Oc3cccc4cnccc34)CC2)cs1. The van der Waals surface area contributed by atoms with E-state index in [1.165, 1.54) is 0 Å². The fourth-order valence-electron chi connectivity index (χ4n) is 3.63. The number of hydrogen-bond donors (Lipinski definition) is 1. The topological polar surface area (TPSA) is 64.1 Å². The number of rotatable bonds is 5. The number of benzene rings is 1. The molecular formula is C21H23N3O2S. The first kappa shape index (κ1) is 17.9. The second kappa shape index (κ2) is 8.05. The Kier molecular flexibility index (Phi) is 5.34. The molecule has 0 aliphatic heterocycles. The van der Waals surface area contributed by atoms with Crippen LogP contribution in [-0.2, 0) is 11.2 Å². The van der Waals surface area contributed by atoms with Gasteiger partial charge in [0.25, 0.3) is 0 Å². The van der Waals surface area contributed by atoms with Crippen LogP contribution >= 0.6 is 11.3 Å². The summed E-state index contributed by atoms with van der Waals surface area (Å²) < 4.78 is 6.27. The lowest BCUT2D eigenvalue weighted by Crippen LogP contribution is -2.40. The Balaban J connectivity index is 1.29. The summed E-state index contributed by atoms with van der Waals surface area (Å²) in [7, 11) is 0. The van der Waals surface area contributed by atoms with Crippen molar-refractivity contribution in [3.8, 4) is 5.75 Å². The molecule has 0 saturated heterocycles. The van der Waals surface area contributed by atoms with Crippen LogP contribution in [0.25, 0.3) is 10.8 Å². The van der Waals surface area contributed by atoms with Crippen molar-refractivity contribution in [2.75, 3.05) is 0 Å². The predicted octanol–water partition coefficient (Wildman–Crippen LogP) is 4.05. The van der Waals surface area contributed by atoms with E-state index in [9.17, 15) is 4.79 Å². The van der Waals surface area contributed by atoms with Crippen LogP contribution in [0.1, 0.15) is 36.4 Å². The molecule has 0 atom stereocenters. The Bertz CT molecular complexity index is 927. The van der Waals surface area contributed by atoms with Crippen LogP contribution in [0.4, 0.5) is 0 Å². The van der Waals surface area contributed by atoms with Crippen molar-refractivity contribution in [3.05, 3.63) is 52.7 Å². The highest BCUT2D eigenvalue weighted by Crippen LogP contribution is 2.29. The number of thiazole rings is 1. The van der Waals surface area contributed by atoms with Crippen LogP contribution in [0, 0.1) is 6.92 Å². The van der Waals surface area contributed by atoms with Gasteiger partial charge < -0.3 is 10.1 Å². The van der Waals surface area contributed by atoms with E-state index in [0.717, 1.165) is 52.9 Å². The molecular weight excluding hydrogens is 358 g/mol. The highest BCUT2D eigenvalue weighted by Gasteiger charge is 2.24. The minimum atomic E-state index is 0.0613. The molecule has 1 fully saturated rings. The first-order valence-electron chi connectivity index (χ1n) is 9.37. The van der Waals surface area contributed by atoms with Crippen molar-refractivity contribution in [2.24, 2.45) is 0 Å². The highest BCUT2D eigenvalue weighted by atomic mass is 32.1. The molecule has 5 nitrogen and oxygen atoms in total. The van der Waals surface area contributed by atoms with Gasteiger partial charge in [0.15, 0.2) is 0 Å². The van der Waals surface area contributed by atoms with Gasteiger partial charge in [0, 0.05) is 34.6 Å². The molecule has 1 amide bonds. The zero-order valence-electron chi connectivity index (χ0n) is 15.4. The maximum atomic E-state index is 12.2. The molecule has 2 heterocycles. The molecule has 1 aliphatic carbocycles. The number of amides is 1. The number of nitrogens with one attached hydrogen (secondary N) is 1. The lowest BCUT2D eigenvalue weighted by atomic mass is 9.92. The van der Waals surface area contributed by atoms with Crippen LogP contribution in [0.3, 0.4) is 0 Å². The monoisotopic (exact) mass is 381 g/mol. The summed E-state index contributed by atoms with van der Waals surface area (Å²) in [5.74, 6) is 0.979. The third kappa shape index (κ3) is 4.45. The van der Waals surface area contributed by atoms with Crippen molar-refractivity contribution < 1.29 is 9.53 Å². The molecule has 1 aromatic carbocycles. The largest absolute Gasteiger partial charge is 0.490 e. The van der Waals surface area contributed by atoms with Crippen LogP contribution in [0.2, 0.25) is 0 Å². The van der Waals surface area contributed by atoms with E-state index in [4.69, 9.17) is 4.74 Å². The average molecular weight is 382 g/mol. The van der Waals surface area contributed by atoms with Gasteiger partial charge in [-0.05, 0) is 44.7 Å². The maximum Gasteiger partial charge on any atom is 0.226 e. The van der Waals surface area contributed by atoms with E-state index in [1.807, 2.05) is 42.8 Å². The van der Waals surface area contributed by atoms with E-state index in [1.54, 1.807) is 17.5 Å². The van der Waals surface area contributed by atoms with E-state index in [-0.39, 0.29) is 18.1 Å². The minimum Gasteiger partial charge on any atom is -0.490 e. The molecule has 140 valence electrons. The van der Waals surface area contributed by atoms with Crippen LogP contribution in [0.15, 0.2) is 42.0 Å². The molecule has 27 heavy (non-hydrogen) atoms. The first-order chi connectivity index (χ1) is 13.2. The van der Waals surface area contributed by atoms with Crippen molar-refractivity contribution in [1.29, 1.82) is 0 Å². The Hall–Kier alpha value is -2.47. The molecule has 0 spiro atoms. The van der Waals surface area contributed by atoms with Gasteiger partial charge in [0.05, 0.1) is 23.2 Å². The van der Waals surface area contributed by atoms with Gasteiger partial charge in [-0.15, -0.1) is 11.3 Å². The number of fused-ring (bicyclic) bond motifs is 1. The number of ether oxygens (including phenoxy) is 1. The Morgan fingerprint density at radius 3 is 2.89 bits per heavy atom. The van der Waals surface area contributed by atoms with Crippen molar-refractivity contribution >= 4 is 28.0 Å². The zero-order chi connectivity index (χ0) is 18.6. The summed E-state index contributed by atoms with van der Waals surface area (Å²) >= 11 is 1.58. The summed E-state index contributed by atoms with van der Waals surface area (Å²) in [6.45, 7) is 1.96. The number of carbonyl (C=O) groups excluding carboxylic acids is 1.